The van der Waals surface area contributed by atoms with Gasteiger partial charge in [0.1, 0.15) is 0 Å². The van der Waals surface area contributed by atoms with Crippen molar-refractivity contribution in [3.05, 3.63) is 42.0 Å². The van der Waals surface area contributed by atoms with Crippen molar-refractivity contribution >= 4 is 11.7 Å². The van der Waals surface area contributed by atoms with Crippen LogP contribution in [0.15, 0.2) is 34.9 Å². The lowest BCUT2D eigenvalue weighted by Crippen LogP contribution is -2.51. The molecule has 0 bridgehead atoms. The van der Waals surface area contributed by atoms with Gasteiger partial charge in [-0.3, -0.25) is 4.79 Å². The zero-order valence-electron chi connectivity index (χ0n) is 12.9. The normalized spacial score (nSPS) is 23.9. The predicted molar refractivity (Wildman–Crippen MR) is 82.3 cm³/mol. The number of furan rings is 1. The van der Waals surface area contributed by atoms with E-state index in [9.17, 15) is 4.79 Å². The number of nitrogens with zero attached hydrogens (tertiary/aromatic N) is 4. The van der Waals surface area contributed by atoms with Crippen molar-refractivity contribution in [3.8, 4) is 0 Å². The van der Waals surface area contributed by atoms with Gasteiger partial charge in [-0.1, -0.05) is 0 Å². The highest BCUT2D eigenvalue weighted by atomic mass is 16.5. The van der Waals surface area contributed by atoms with Gasteiger partial charge >= 0.3 is 0 Å². The summed E-state index contributed by atoms with van der Waals surface area (Å²) in [7, 11) is 0. The summed E-state index contributed by atoms with van der Waals surface area (Å²) in [5, 5.41) is 8.42. The van der Waals surface area contributed by atoms with Crippen molar-refractivity contribution in [1.29, 1.82) is 0 Å². The summed E-state index contributed by atoms with van der Waals surface area (Å²) >= 11 is 0. The van der Waals surface area contributed by atoms with E-state index in [2.05, 4.69) is 15.1 Å². The third kappa shape index (κ3) is 2.57. The van der Waals surface area contributed by atoms with Crippen molar-refractivity contribution < 1.29 is 13.9 Å². The van der Waals surface area contributed by atoms with Crippen molar-refractivity contribution in [2.45, 2.75) is 19.1 Å². The van der Waals surface area contributed by atoms with Gasteiger partial charge in [-0.2, -0.15) is 5.10 Å². The first-order chi connectivity index (χ1) is 11.2. The third-order valence-electron chi connectivity index (χ3n) is 4.40. The SMILES string of the molecule is Cc1ccc(N2CCO[C@@H]3CN(C(=O)c4ccco4)C[C@@H]32)nn1. The van der Waals surface area contributed by atoms with Crippen molar-refractivity contribution in [2.24, 2.45) is 0 Å². The van der Waals surface area contributed by atoms with E-state index in [1.54, 1.807) is 17.0 Å². The molecule has 4 rings (SSSR count). The van der Waals surface area contributed by atoms with E-state index in [0.717, 1.165) is 18.1 Å². The minimum Gasteiger partial charge on any atom is -0.459 e. The topological polar surface area (TPSA) is 71.7 Å². The van der Waals surface area contributed by atoms with E-state index < -0.39 is 0 Å². The first-order valence-corrected chi connectivity index (χ1v) is 7.74. The molecule has 0 N–H and O–H groups in total. The minimum absolute atomic E-state index is 0.00855. The molecule has 0 aromatic carbocycles. The number of amides is 1. The highest BCUT2D eigenvalue weighted by molar-refractivity contribution is 5.91. The maximum Gasteiger partial charge on any atom is 0.289 e. The molecule has 2 fully saturated rings. The molecule has 2 aliphatic rings. The average molecular weight is 314 g/mol. The number of morpholine rings is 1. The summed E-state index contributed by atoms with van der Waals surface area (Å²) < 4.78 is 11.1. The van der Waals surface area contributed by atoms with E-state index in [4.69, 9.17) is 9.15 Å². The van der Waals surface area contributed by atoms with Crippen LogP contribution in [0, 0.1) is 6.92 Å². The van der Waals surface area contributed by atoms with E-state index in [1.807, 2.05) is 19.1 Å². The van der Waals surface area contributed by atoms with Crippen LogP contribution in [0.25, 0.3) is 0 Å². The molecule has 2 aliphatic heterocycles. The molecule has 2 aromatic heterocycles. The quantitative estimate of drug-likeness (QED) is 0.827. The Morgan fingerprint density at radius 3 is 2.91 bits per heavy atom. The average Bonchev–Trinajstić information content (AvgIpc) is 3.24. The Kier molecular flexibility index (Phi) is 3.49. The van der Waals surface area contributed by atoms with Crippen LogP contribution < -0.4 is 4.90 Å². The lowest BCUT2D eigenvalue weighted by molar-refractivity contribution is 0.0296. The molecular weight excluding hydrogens is 296 g/mol. The number of aromatic nitrogens is 2. The number of likely N-dealkylation sites (tertiary alicyclic amines) is 1. The predicted octanol–water partition coefficient (Wildman–Crippen LogP) is 1.11. The van der Waals surface area contributed by atoms with Gasteiger partial charge in [0.15, 0.2) is 11.6 Å². The lowest BCUT2D eigenvalue weighted by Gasteiger charge is -2.37. The molecule has 2 atom stereocenters. The van der Waals surface area contributed by atoms with Gasteiger partial charge in [-0.15, -0.1) is 5.10 Å². The number of fused-ring (bicyclic) bond motifs is 1. The zero-order valence-corrected chi connectivity index (χ0v) is 12.9. The van der Waals surface area contributed by atoms with Crippen LogP contribution >= 0.6 is 0 Å². The van der Waals surface area contributed by atoms with Crippen LogP contribution in [-0.2, 0) is 4.74 Å². The number of carbonyl (C=O) groups excluding carboxylic acids is 1. The summed E-state index contributed by atoms with van der Waals surface area (Å²) in [5.74, 6) is 1.11. The Labute approximate surface area is 133 Å². The van der Waals surface area contributed by atoms with Gasteiger partial charge < -0.3 is 19.0 Å². The fourth-order valence-electron chi connectivity index (χ4n) is 3.24. The van der Waals surface area contributed by atoms with Crippen LogP contribution in [0.2, 0.25) is 0 Å². The molecule has 1 amide bonds. The Morgan fingerprint density at radius 2 is 2.17 bits per heavy atom. The highest BCUT2D eigenvalue weighted by Crippen LogP contribution is 2.27. The number of carbonyl (C=O) groups is 1. The summed E-state index contributed by atoms with van der Waals surface area (Å²) in [6.45, 7) is 4.46. The van der Waals surface area contributed by atoms with Crippen molar-refractivity contribution in [1.82, 2.24) is 15.1 Å². The standard InChI is InChI=1S/C16H18N4O3/c1-11-4-5-15(18-17-11)20-6-8-23-14-10-19(9-12(14)20)16(21)13-3-2-7-22-13/h2-5,7,12,14H,6,8-10H2,1H3/t12-,14+/m0/s1. The maximum absolute atomic E-state index is 12.5. The highest BCUT2D eigenvalue weighted by Gasteiger charge is 2.43. The molecule has 2 aromatic rings. The molecule has 0 spiro atoms. The number of ether oxygens (including phenoxy) is 1. The monoisotopic (exact) mass is 314 g/mol. The molecule has 2 saturated heterocycles. The number of rotatable bonds is 2. The van der Waals surface area contributed by atoms with Crippen LogP contribution in [-0.4, -0.2) is 59.4 Å². The van der Waals surface area contributed by atoms with E-state index in [0.29, 0.717) is 25.5 Å². The number of aryl methyl sites for hydroxylation is 1. The molecule has 0 unspecified atom stereocenters. The number of anilines is 1. The zero-order chi connectivity index (χ0) is 15.8. The summed E-state index contributed by atoms with van der Waals surface area (Å²) in [6.07, 6.45) is 1.51. The Balaban J connectivity index is 1.54. The van der Waals surface area contributed by atoms with Crippen LogP contribution in [0.3, 0.4) is 0 Å². The Bertz CT molecular complexity index is 686. The van der Waals surface area contributed by atoms with Gasteiger partial charge in [-0.05, 0) is 31.2 Å². The van der Waals surface area contributed by atoms with Gasteiger partial charge in [-0.25, -0.2) is 0 Å². The van der Waals surface area contributed by atoms with Crippen molar-refractivity contribution in [2.75, 3.05) is 31.1 Å². The Morgan fingerprint density at radius 1 is 1.26 bits per heavy atom. The smallest absolute Gasteiger partial charge is 0.289 e. The fourth-order valence-corrected chi connectivity index (χ4v) is 3.24. The van der Waals surface area contributed by atoms with Crippen LogP contribution in [0.4, 0.5) is 5.82 Å². The van der Waals surface area contributed by atoms with Crippen LogP contribution in [0.1, 0.15) is 16.2 Å². The summed E-state index contributed by atoms with van der Waals surface area (Å²) in [5.41, 5.74) is 0.889. The maximum atomic E-state index is 12.5. The molecule has 0 aliphatic carbocycles. The molecule has 7 heteroatoms. The first kappa shape index (κ1) is 14.2. The second-order valence-corrected chi connectivity index (χ2v) is 5.89. The van der Waals surface area contributed by atoms with E-state index in [1.165, 1.54) is 6.26 Å². The fraction of sp³-hybridized carbons (Fsp3) is 0.438. The summed E-state index contributed by atoms with van der Waals surface area (Å²) in [4.78, 5) is 16.4. The number of hydrogen-bond donors (Lipinski definition) is 0. The second kappa shape index (κ2) is 5.66. The molecule has 0 radical (unpaired) electrons. The molecule has 4 heterocycles. The second-order valence-electron chi connectivity index (χ2n) is 5.89. The molecule has 23 heavy (non-hydrogen) atoms. The largest absolute Gasteiger partial charge is 0.459 e. The van der Waals surface area contributed by atoms with Gasteiger partial charge in [0.25, 0.3) is 5.91 Å². The van der Waals surface area contributed by atoms with Crippen LogP contribution in [0.5, 0.6) is 0 Å². The molecular formula is C16H18N4O3. The van der Waals surface area contributed by atoms with Gasteiger partial charge in [0.05, 0.1) is 30.7 Å². The molecule has 7 nitrogen and oxygen atoms in total. The Hall–Kier alpha value is -2.41. The lowest BCUT2D eigenvalue weighted by atomic mass is 10.1. The van der Waals surface area contributed by atoms with Gasteiger partial charge in [0, 0.05) is 19.6 Å². The van der Waals surface area contributed by atoms with Crippen molar-refractivity contribution in [3.63, 3.8) is 0 Å². The third-order valence-corrected chi connectivity index (χ3v) is 4.40. The van der Waals surface area contributed by atoms with Gasteiger partial charge in [0.2, 0.25) is 0 Å². The van der Waals surface area contributed by atoms with E-state index in [-0.39, 0.29) is 18.1 Å². The summed E-state index contributed by atoms with van der Waals surface area (Å²) in [6, 6.07) is 7.43. The molecule has 120 valence electrons. The first-order valence-electron chi connectivity index (χ1n) is 7.74. The molecule has 0 saturated carbocycles. The van der Waals surface area contributed by atoms with E-state index >= 15 is 0 Å². The minimum atomic E-state index is -0.0945. The number of hydrogen-bond acceptors (Lipinski definition) is 6.